The Balaban J connectivity index is 1.71. The Kier molecular flexibility index (Phi) is 6.76. The minimum Gasteiger partial charge on any atom is -0.464 e. The Bertz CT molecular complexity index is 928. The molecular formula is C31H48O4. The van der Waals surface area contributed by atoms with Gasteiger partial charge in [-0.25, -0.2) is 0 Å². The van der Waals surface area contributed by atoms with E-state index in [9.17, 15) is 15.0 Å². The molecule has 0 spiro atoms. The Morgan fingerprint density at radius 3 is 2.46 bits per heavy atom. The summed E-state index contributed by atoms with van der Waals surface area (Å²) in [6.07, 6.45) is 9.66. The molecule has 0 heterocycles. The van der Waals surface area contributed by atoms with Crippen LogP contribution in [0, 0.1) is 39.4 Å². The quantitative estimate of drug-likeness (QED) is 0.325. The maximum Gasteiger partial charge on any atom is 0.293 e. The van der Waals surface area contributed by atoms with Crippen molar-refractivity contribution in [2.75, 3.05) is 0 Å². The summed E-state index contributed by atoms with van der Waals surface area (Å²) >= 11 is 0. The third kappa shape index (κ3) is 3.72. The van der Waals surface area contributed by atoms with E-state index >= 15 is 0 Å². The second kappa shape index (κ2) is 8.87. The number of carbonyl (C=O) groups excluding carboxylic acids is 1. The van der Waals surface area contributed by atoms with Crippen molar-refractivity contribution in [1.82, 2.24) is 0 Å². The van der Waals surface area contributed by atoms with Gasteiger partial charge in [0.1, 0.15) is 6.10 Å². The molecule has 0 aromatic rings. The Morgan fingerprint density at radius 1 is 1.14 bits per heavy atom. The van der Waals surface area contributed by atoms with Crippen LogP contribution in [0.15, 0.2) is 35.5 Å². The fourth-order valence-corrected chi connectivity index (χ4v) is 8.69. The van der Waals surface area contributed by atoms with Crippen LogP contribution in [0.4, 0.5) is 0 Å². The van der Waals surface area contributed by atoms with E-state index in [0.29, 0.717) is 24.7 Å². The average molecular weight is 485 g/mol. The number of hydrogen-bond acceptors (Lipinski definition) is 4. The molecule has 1 unspecified atom stereocenters. The van der Waals surface area contributed by atoms with Crippen molar-refractivity contribution < 1.29 is 19.7 Å². The average Bonchev–Trinajstić information content (AvgIpc) is 3.00. The first kappa shape index (κ1) is 26.7. The van der Waals surface area contributed by atoms with E-state index in [1.807, 2.05) is 0 Å². The van der Waals surface area contributed by atoms with Crippen LogP contribution in [0.2, 0.25) is 0 Å². The van der Waals surface area contributed by atoms with Crippen LogP contribution in [0.5, 0.6) is 0 Å². The normalized spacial score (nSPS) is 42.8. The monoisotopic (exact) mass is 484 g/mol. The molecule has 4 nitrogen and oxygen atoms in total. The molecule has 0 aromatic heterocycles. The van der Waals surface area contributed by atoms with Crippen molar-refractivity contribution in [2.24, 2.45) is 39.4 Å². The van der Waals surface area contributed by atoms with Gasteiger partial charge in [-0.3, -0.25) is 4.79 Å². The van der Waals surface area contributed by atoms with E-state index < -0.39 is 11.5 Å². The maximum absolute atomic E-state index is 11.7. The van der Waals surface area contributed by atoms with E-state index in [4.69, 9.17) is 4.74 Å². The van der Waals surface area contributed by atoms with Gasteiger partial charge in [-0.15, -0.1) is 0 Å². The third-order valence-electron chi connectivity index (χ3n) is 11.6. The van der Waals surface area contributed by atoms with Crippen LogP contribution in [-0.4, -0.2) is 35.0 Å². The Hall–Kier alpha value is -1.39. The number of rotatable bonds is 7. The molecule has 0 aromatic carbocycles. The van der Waals surface area contributed by atoms with Crippen molar-refractivity contribution in [1.29, 1.82) is 0 Å². The number of aliphatic hydroxyl groups is 2. The lowest BCUT2D eigenvalue weighted by atomic mass is 9.44. The highest BCUT2D eigenvalue weighted by Crippen LogP contribution is 2.71. The number of hydrogen-bond donors (Lipinski definition) is 2. The fourth-order valence-electron chi connectivity index (χ4n) is 8.69. The van der Waals surface area contributed by atoms with E-state index in [0.717, 1.165) is 38.5 Å². The zero-order valence-corrected chi connectivity index (χ0v) is 23.1. The Labute approximate surface area is 212 Å². The summed E-state index contributed by atoms with van der Waals surface area (Å²) in [6, 6.07) is 0. The molecule has 8 atom stereocenters. The molecule has 35 heavy (non-hydrogen) atoms. The lowest BCUT2D eigenvalue weighted by Gasteiger charge is -2.61. The topological polar surface area (TPSA) is 66.8 Å². The van der Waals surface area contributed by atoms with Gasteiger partial charge in [-0.2, -0.15) is 0 Å². The summed E-state index contributed by atoms with van der Waals surface area (Å²) in [5.74, 6) is 0.868. The molecule has 0 aliphatic heterocycles. The molecule has 196 valence electrons. The lowest BCUT2D eigenvalue weighted by Crippen LogP contribution is -2.56. The highest BCUT2D eigenvalue weighted by Gasteiger charge is 2.67. The van der Waals surface area contributed by atoms with Crippen LogP contribution >= 0.6 is 0 Å². The maximum atomic E-state index is 11.7. The molecule has 4 rings (SSSR count). The molecule has 4 aliphatic carbocycles. The minimum atomic E-state index is -0.485. The van der Waals surface area contributed by atoms with E-state index in [-0.39, 0.29) is 34.4 Å². The van der Waals surface area contributed by atoms with Gasteiger partial charge >= 0.3 is 0 Å². The number of allylic oxidation sites excluding steroid dienone is 4. The van der Waals surface area contributed by atoms with E-state index in [1.165, 1.54) is 16.7 Å². The zero-order chi connectivity index (χ0) is 26.0. The zero-order valence-electron chi connectivity index (χ0n) is 23.1. The molecule has 2 saturated carbocycles. The van der Waals surface area contributed by atoms with E-state index in [1.54, 1.807) is 0 Å². The summed E-state index contributed by atoms with van der Waals surface area (Å²) in [7, 11) is 0. The second-order valence-electron chi connectivity index (χ2n) is 13.6. The first-order valence-corrected chi connectivity index (χ1v) is 13.8. The van der Waals surface area contributed by atoms with Crippen molar-refractivity contribution >= 4 is 6.47 Å². The van der Waals surface area contributed by atoms with Gasteiger partial charge < -0.3 is 14.9 Å². The van der Waals surface area contributed by atoms with Gasteiger partial charge in [0.05, 0.1) is 12.2 Å². The summed E-state index contributed by atoms with van der Waals surface area (Å²) in [5.41, 5.74) is 3.14. The molecule has 4 aliphatic rings. The second-order valence-corrected chi connectivity index (χ2v) is 13.6. The lowest BCUT2D eigenvalue weighted by molar-refractivity contribution is -0.140. The van der Waals surface area contributed by atoms with Gasteiger partial charge in [0.25, 0.3) is 6.47 Å². The molecule has 0 radical (unpaired) electrons. The van der Waals surface area contributed by atoms with E-state index in [2.05, 4.69) is 67.2 Å². The number of fused-ring (bicyclic) bond motifs is 5. The van der Waals surface area contributed by atoms with Crippen LogP contribution in [0.3, 0.4) is 0 Å². The van der Waals surface area contributed by atoms with Crippen LogP contribution in [-0.2, 0) is 9.53 Å². The number of carbonyl (C=O) groups is 1. The molecule has 2 N–H and O–H groups in total. The number of ether oxygens (including phenoxy) is 1. The predicted molar refractivity (Wildman–Crippen MR) is 140 cm³/mol. The largest absolute Gasteiger partial charge is 0.464 e. The molecule has 0 amide bonds. The van der Waals surface area contributed by atoms with Crippen molar-refractivity contribution in [3.8, 4) is 0 Å². The fraction of sp³-hybridized carbons (Fsp3) is 0.774. The van der Waals surface area contributed by atoms with Gasteiger partial charge in [0.15, 0.2) is 0 Å². The highest BCUT2D eigenvalue weighted by atomic mass is 16.5. The predicted octanol–water partition coefficient (Wildman–Crippen LogP) is 6.38. The smallest absolute Gasteiger partial charge is 0.293 e. The summed E-state index contributed by atoms with van der Waals surface area (Å²) in [4.78, 5) is 11.5. The van der Waals surface area contributed by atoms with Gasteiger partial charge in [-0.05, 0) is 84.2 Å². The number of aliphatic hydroxyl groups excluding tert-OH is 2. The van der Waals surface area contributed by atoms with Crippen LogP contribution in [0.25, 0.3) is 0 Å². The summed E-state index contributed by atoms with van der Waals surface area (Å²) in [6.45, 7) is 20.5. The molecular weight excluding hydrogens is 436 g/mol. The van der Waals surface area contributed by atoms with Crippen molar-refractivity contribution in [2.45, 2.75) is 112 Å². The molecule has 0 bridgehead atoms. The van der Waals surface area contributed by atoms with Gasteiger partial charge in [0, 0.05) is 11.3 Å². The van der Waals surface area contributed by atoms with Crippen molar-refractivity contribution in [3.63, 3.8) is 0 Å². The third-order valence-corrected chi connectivity index (χ3v) is 11.6. The van der Waals surface area contributed by atoms with Crippen LogP contribution in [0.1, 0.15) is 93.4 Å². The Morgan fingerprint density at radius 2 is 1.83 bits per heavy atom. The summed E-state index contributed by atoms with van der Waals surface area (Å²) in [5, 5.41) is 22.5. The first-order valence-electron chi connectivity index (χ1n) is 13.8. The first-order chi connectivity index (χ1) is 16.2. The summed E-state index contributed by atoms with van der Waals surface area (Å²) < 4.78 is 5.74. The SMILES string of the molecule is C=C(CC[C@@H](OC=O)[C@H]1C[C@H](O)[C@@]2(C)C3=CC[C@H]4C(C)(C)C(O)CC[C@]4(C)C3=CC[C@]12C)C(C)C. The minimum absolute atomic E-state index is 0.00264. The standard InChI is InChI=1S/C31H48O4/c1-19(2)20(3)9-11-24(35-18-32)23-17-27(34)31(8)22-10-12-25-28(4,5)26(33)14-15-29(25,6)21(22)13-16-30(23,31)7/h10,13,18-19,23-27,33-34H,3,9,11-12,14-17H2,1-2,4-8H3/t23-,24-,25+,26?,27+,29-,30-,31-/m1/s1. The van der Waals surface area contributed by atoms with Gasteiger partial charge in [-0.1, -0.05) is 72.8 Å². The van der Waals surface area contributed by atoms with Gasteiger partial charge in [0.2, 0.25) is 0 Å². The van der Waals surface area contributed by atoms with Crippen molar-refractivity contribution in [3.05, 3.63) is 35.5 Å². The highest BCUT2D eigenvalue weighted by molar-refractivity contribution is 5.51. The van der Waals surface area contributed by atoms with Crippen LogP contribution < -0.4 is 0 Å². The molecule has 4 heteroatoms. The molecule has 0 saturated heterocycles. The molecule has 2 fully saturated rings.